The molecule has 5 heteroatoms. The molecule has 2 aromatic rings. The fraction of sp³-hybridized carbons (Fsp3) is 0.182. The van der Waals surface area contributed by atoms with Gasteiger partial charge in [-0.2, -0.15) is 0 Å². The maximum absolute atomic E-state index is 9.03. The van der Waals surface area contributed by atoms with E-state index in [-0.39, 0.29) is 6.61 Å². The predicted octanol–water partition coefficient (Wildman–Crippen LogP) is 2.87. The van der Waals surface area contributed by atoms with Crippen LogP contribution < -0.4 is 4.74 Å². The van der Waals surface area contributed by atoms with Crippen molar-refractivity contribution in [3.8, 4) is 5.88 Å². The van der Waals surface area contributed by atoms with Crippen LogP contribution in [-0.2, 0) is 13.2 Å². The van der Waals surface area contributed by atoms with Crippen LogP contribution >= 0.6 is 22.9 Å². The predicted molar refractivity (Wildman–Crippen MR) is 63.8 cm³/mol. The van der Waals surface area contributed by atoms with Gasteiger partial charge in [0.2, 0.25) is 5.88 Å². The molecule has 0 aliphatic carbocycles. The molecular formula is C11H10ClNO2S. The molecule has 0 saturated heterocycles. The molecule has 2 heterocycles. The summed E-state index contributed by atoms with van der Waals surface area (Å²) in [5, 5.41) is 11.5. The lowest BCUT2D eigenvalue weighted by molar-refractivity contribution is 0.275. The summed E-state index contributed by atoms with van der Waals surface area (Å²) in [6.45, 7) is 0.369. The Morgan fingerprint density at radius 3 is 3.06 bits per heavy atom. The molecule has 84 valence electrons. The van der Waals surface area contributed by atoms with Crippen LogP contribution in [0.5, 0.6) is 5.88 Å². The van der Waals surface area contributed by atoms with Crippen LogP contribution in [0.15, 0.2) is 29.8 Å². The minimum absolute atomic E-state index is 0.114. The molecule has 0 atom stereocenters. The summed E-state index contributed by atoms with van der Waals surface area (Å²) < 4.78 is 5.48. The third-order valence-electron chi connectivity index (χ3n) is 2.02. The van der Waals surface area contributed by atoms with Crippen LogP contribution in [0.25, 0.3) is 0 Å². The number of aliphatic hydroxyl groups is 1. The molecule has 0 radical (unpaired) electrons. The van der Waals surface area contributed by atoms with E-state index in [4.69, 9.17) is 21.4 Å². The fourth-order valence-corrected chi connectivity index (χ4v) is 1.98. The molecule has 0 amide bonds. The number of aliphatic hydroxyl groups excluding tert-OH is 1. The van der Waals surface area contributed by atoms with Crippen molar-refractivity contribution in [2.45, 2.75) is 13.2 Å². The molecule has 2 aromatic heterocycles. The number of ether oxygens (including phenoxy) is 1. The first-order valence-corrected chi connectivity index (χ1v) is 5.96. The standard InChI is InChI=1S/C11H10ClNO2S/c12-10-5-13-11(4-8(10)6-14)15-7-9-2-1-3-16-9/h1-5,14H,6-7H2. The number of hydrogen-bond acceptors (Lipinski definition) is 4. The molecule has 16 heavy (non-hydrogen) atoms. The van der Waals surface area contributed by atoms with Crippen molar-refractivity contribution in [3.63, 3.8) is 0 Å². The van der Waals surface area contributed by atoms with E-state index in [9.17, 15) is 0 Å². The van der Waals surface area contributed by atoms with Gasteiger partial charge in [-0.25, -0.2) is 4.98 Å². The lowest BCUT2D eigenvalue weighted by Gasteiger charge is -2.06. The lowest BCUT2D eigenvalue weighted by atomic mass is 10.3. The Labute approximate surface area is 102 Å². The minimum Gasteiger partial charge on any atom is -0.472 e. The number of aromatic nitrogens is 1. The van der Waals surface area contributed by atoms with Crippen molar-refractivity contribution in [2.75, 3.05) is 0 Å². The maximum atomic E-state index is 9.03. The number of halogens is 1. The first kappa shape index (κ1) is 11.4. The quantitative estimate of drug-likeness (QED) is 0.914. The van der Waals surface area contributed by atoms with E-state index in [1.807, 2.05) is 17.5 Å². The highest BCUT2D eigenvalue weighted by atomic mass is 35.5. The second-order valence-electron chi connectivity index (χ2n) is 3.14. The number of thiophene rings is 1. The molecule has 0 unspecified atom stereocenters. The molecule has 1 N–H and O–H groups in total. The monoisotopic (exact) mass is 255 g/mol. The van der Waals surface area contributed by atoms with E-state index in [2.05, 4.69) is 4.98 Å². The first-order chi connectivity index (χ1) is 7.79. The van der Waals surface area contributed by atoms with Gasteiger partial charge in [0.25, 0.3) is 0 Å². The van der Waals surface area contributed by atoms with Gasteiger partial charge in [-0.15, -0.1) is 11.3 Å². The average molecular weight is 256 g/mol. The zero-order valence-corrected chi connectivity index (χ0v) is 9.96. The molecule has 3 nitrogen and oxygen atoms in total. The highest BCUT2D eigenvalue weighted by Crippen LogP contribution is 2.20. The Hall–Kier alpha value is -1.10. The molecule has 2 rings (SSSR count). The fourth-order valence-electron chi connectivity index (χ4n) is 1.20. The van der Waals surface area contributed by atoms with E-state index in [0.717, 1.165) is 4.88 Å². The summed E-state index contributed by atoms with van der Waals surface area (Å²) in [6.07, 6.45) is 1.48. The van der Waals surface area contributed by atoms with Gasteiger partial charge in [0.1, 0.15) is 6.61 Å². The summed E-state index contributed by atoms with van der Waals surface area (Å²) >= 11 is 7.45. The van der Waals surface area contributed by atoms with Gasteiger partial charge in [0.05, 0.1) is 11.6 Å². The van der Waals surface area contributed by atoms with E-state index >= 15 is 0 Å². The van der Waals surface area contributed by atoms with Crippen molar-refractivity contribution >= 4 is 22.9 Å². The number of hydrogen-bond donors (Lipinski definition) is 1. The summed E-state index contributed by atoms with van der Waals surface area (Å²) in [7, 11) is 0. The van der Waals surface area contributed by atoms with Crippen LogP contribution in [-0.4, -0.2) is 10.1 Å². The van der Waals surface area contributed by atoms with E-state index in [1.54, 1.807) is 17.4 Å². The highest BCUT2D eigenvalue weighted by Gasteiger charge is 2.03. The van der Waals surface area contributed by atoms with Crippen molar-refractivity contribution < 1.29 is 9.84 Å². The molecule has 0 bridgehead atoms. The Bertz CT molecular complexity index is 459. The lowest BCUT2D eigenvalue weighted by Crippen LogP contribution is -1.97. The van der Waals surface area contributed by atoms with Gasteiger partial charge >= 0.3 is 0 Å². The largest absolute Gasteiger partial charge is 0.472 e. The summed E-state index contributed by atoms with van der Waals surface area (Å²) in [4.78, 5) is 5.15. The minimum atomic E-state index is -0.114. The van der Waals surface area contributed by atoms with Gasteiger partial charge in [0.15, 0.2) is 0 Å². The molecule has 0 aromatic carbocycles. The topological polar surface area (TPSA) is 42.4 Å². The van der Waals surface area contributed by atoms with Gasteiger partial charge in [-0.05, 0) is 11.4 Å². The Balaban J connectivity index is 2.04. The molecule has 0 spiro atoms. The van der Waals surface area contributed by atoms with Crippen LogP contribution in [0.3, 0.4) is 0 Å². The van der Waals surface area contributed by atoms with E-state index in [1.165, 1.54) is 6.20 Å². The molecular weight excluding hydrogens is 246 g/mol. The Kier molecular flexibility index (Phi) is 3.77. The van der Waals surface area contributed by atoms with Gasteiger partial charge in [-0.3, -0.25) is 0 Å². The Morgan fingerprint density at radius 1 is 1.50 bits per heavy atom. The van der Waals surface area contributed by atoms with Crippen LogP contribution in [0.2, 0.25) is 5.02 Å². The van der Waals surface area contributed by atoms with E-state index in [0.29, 0.717) is 23.1 Å². The van der Waals surface area contributed by atoms with Crippen molar-refractivity contribution in [1.29, 1.82) is 0 Å². The molecule has 0 aliphatic rings. The molecule has 0 aliphatic heterocycles. The number of pyridine rings is 1. The number of nitrogens with zero attached hydrogens (tertiary/aromatic N) is 1. The van der Waals surface area contributed by atoms with Gasteiger partial charge in [0, 0.05) is 22.7 Å². The van der Waals surface area contributed by atoms with Crippen molar-refractivity contribution in [3.05, 3.63) is 45.2 Å². The zero-order chi connectivity index (χ0) is 11.4. The van der Waals surface area contributed by atoms with Gasteiger partial charge in [-0.1, -0.05) is 17.7 Å². The summed E-state index contributed by atoms with van der Waals surface area (Å²) in [6, 6.07) is 5.61. The second kappa shape index (κ2) is 5.30. The van der Waals surface area contributed by atoms with Gasteiger partial charge < -0.3 is 9.84 Å². The van der Waals surface area contributed by atoms with Crippen molar-refractivity contribution in [1.82, 2.24) is 4.98 Å². The number of rotatable bonds is 4. The average Bonchev–Trinajstić information content (AvgIpc) is 2.81. The summed E-state index contributed by atoms with van der Waals surface area (Å²) in [5.74, 6) is 0.474. The zero-order valence-electron chi connectivity index (χ0n) is 8.39. The Morgan fingerprint density at radius 2 is 2.38 bits per heavy atom. The normalized spacial score (nSPS) is 10.4. The van der Waals surface area contributed by atoms with Crippen molar-refractivity contribution in [2.24, 2.45) is 0 Å². The van der Waals surface area contributed by atoms with E-state index < -0.39 is 0 Å². The third kappa shape index (κ3) is 2.72. The smallest absolute Gasteiger partial charge is 0.213 e. The van der Waals surface area contributed by atoms with Crippen LogP contribution in [0.1, 0.15) is 10.4 Å². The van der Waals surface area contributed by atoms with Crippen LogP contribution in [0.4, 0.5) is 0 Å². The maximum Gasteiger partial charge on any atom is 0.213 e. The highest BCUT2D eigenvalue weighted by molar-refractivity contribution is 7.09. The molecule has 0 saturated carbocycles. The third-order valence-corrected chi connectivity index (χ3v) is 3.21. The second-order valence-corrected chi connectivity index (χ2v) is 4.58. The SMILES string of the molecule is OCc1cc(OCc2cccs2)ncc1Cl. The van der Waals surface area contributed by atoms with Crippen LogP contribution in [0, 0.1) is 0 Å². The molecule has 0 fully saturated rings. The first-order valence-electron chi connectivity index (χ1n) is 4.70. The summed E-state index contributed by atoms with van der Waals surface area (Å²) in [5.41, 5.74) is 0.623.